The number of aliphatic hydroxyl groups excluding tert-OH is 1. The molecule has 6 atom stereocenters. The van der Waals surface area contributed by atoms with Gasteiger partial charge in [-0.1, -0.05) is 32.8 Å². The van der Waals surface area contributed by atoms with Crippen molar-refractivity contribution in [1.29, 1.82) is 0 Å². The number of rotatable bonds is 10. The normalized spacial score (nSPS) is 35.1. The summed E-state index contributed by atoms with van der Waals surface area (Å²) in [7, 11) is 0. The van der Waals surface area contributed by atoms with Gasteiger partial charge in [-0.15, -0.1) is 18.3 Å². The summed E-state index contributed by atoms with van der Waals surface area (Å²) >= 11 is 1.53. The van der Waals surface area contributed by atoms with Gasteiger partial charge in [-0.05, 0) is 18.8 Å². The number of unbranched alkanes of at least 4 members (excludes halogenated alkanes) is 2. The Morgan fingerprint density at radius 1 is 1.41 bits per heavy atom. The first-order valence-corrected chi connectivity index (χ1v) is 11.4. The van der Waals surface area contributed by atoms with Crippen molar-refractivity contribution in [2.45, 2.75) is 55.6 Å². The quantitative estimate of drug-likeness (QED) is 0.408. The number of carboxylic acids is 1. The van der Waals surface area contributed by atoms with Crippen molar-refractivity contribution in [2.75, 3.05) is 26.2 Å². The third-order valence-electron chi connectivity index (χ3n) is 6.80. The third-order valence-corrected chi connectivity index (χ3v) is 8.87. The molecule has 0 aliphatic carbocycles. The number of aliphatic hydroxyl groups is 1. The lowest BCUT2D eigenvalue weighted by atomic mass is 9.66. The van der Waals surface area contributed by atoms with E-state index in [2.05, 4.69) is 13.5 Å². The van der Waals surface area contributed by atoms with Crippen molar-refractivity contribution >= 4 is 29.5 Å². The van der Waals surface area contributed by atoms with Gasteiger partial charge in [0, 0.05) is 24.9 Å². The molecule has 0 saturated carbocycles. The van der Waals surface area contributed by atoms with E-state index in [-0.39, 0.29) is 36.1 Å². The fraction of sp³-hybridized carbons (Fsp3) is 0.762. The molecule has 7 nitrogen and oxygen atoms in total. The Kier molecular flexibility index (Phi) is 6.63. The first-order valence-electron chi connectivity index (χ1n) is 10.6. The van der Waals surface area contributed by atoms with Crippen molar-refractivity contribution in [1.82, 2.24) is 9.80 Å². The highest BCUT2D eigenvalue weighted by atomic mass is 32.2. The van der Waals surface area contributed by atoms with Crippen molar-refractivity contribution in [2.24, 2.45) is 17.8 Å². The topological polar surface area (TPSA) is 98.2 Å². The molecule has 3 fully saturated rings. The van der Waals surface area contributed by atoms with E-state index in [9.17, 15) is 24.6 Å². The summed E-state index contributed by atoms with van der Waals surface area (Å²) in [6.45, 7) is 8.68. The zero-order chi connectivity index (χ0) is 21.3. The smallest absolute Gasteiger partial charge is 0.308 e. The maximum Gasteiger partial charge on any atom is 0.308 e. The molecule has 2 amide bonds. The fourth-order valence-electron chi connectivity index (χ4n) is 5.60. The molecule has 3 unspecified atom stereocenters. The van der Waals surface area contributed by atoms with Gasteiger partial charge in [0.25, 0.3) is 0 Å². The minimum Gasteiger partial charge on any atom is -0.481 e. The number of carbonyl (C=O) groups excluding carboxylic acids is 2. The second-order valence-corrected chi connectivity index (χ2v) is 9.97. The van der Waals surface area contributed by atoms with Crippen LogP contribution in [0.3, 0.4) is 0 Å². The largest absolute Gasteiger partial charge is 0.481 e. The second kappa shape index (κ2) is 8.68. The average molecular weight is 425 g/mol. The van der Waals surface area contributed by atoms with E-state index >= 15 is 0 Å². The molecule has 2 bridgehead atoms. The van der Waals surface area contributed by atoms with Gasteiger partial charge in [-0.2, -0.15) is 0 Å². The molecule has 2 N–H and O–H groups in total. The summed E-state index contributed by atoms with van der Waals surface area (Å²) in [6, 6.07) is -0.733. The lowest BCUT2D eigenvalue weighted by Crippen LogP contribution is -2.57. The molecule has 3 aliphatic rings. The molecule has 8 heteroatoms. The third kappa shape index (κ3) is 3.38. The van der Waals surface area contributed by atoms with Gasteiger partial charge >= 0.3 is 5.97 Å². The van der Waals surface area contributed by atoms with E-state index in [0.717, 1.165) is 19.3 Å². The monoisotopic (exact) mass is 424 g/mol. The first-order chi connectivity index (χ1) is 13.8. The summed E-state index contributed by atoms with van der Waals surface area (Å²) in [5.41, 5.74) is 0. The van der Waals surface area contributed by atoms with Crippen molar-refractivity contribution in [3.8, 4) is 0 Å². The minimum absolute atomic E-state index is 0.0503. The van der Waals surface area contributed by atoms with Crippen LogP contribution in [-0.4, -0.2) is 80.1 Å². The lowest BCUT2D eigenvalue weighted by Gasteiger charge is -2.40. The number of β-amino-alcohol motifs (C(OH)–C–C–N with tert-alkyl or cyclic N) is 1. The number of hydrogen-bond acceptors (Lipinski definition) is 5. The Bertz CT molecular complexity index is 686. The fourth-order valence-corrected chi connectivity index (χ4v) is 8.01. The van der Waals surface area contributed by atoms with Crippen LogP contribution in [0.1, 0.15) is 39.5 Å². The van der Waals surface area contributed by atoms with Crippen LogP contribution in [0.2, 0.25) is 0 Å². The van der Waals surface area contributed by atoms with Gasteiger partial charge in [0.15, 0.2) is 0 Å². The molecule has 3 saturated heterocycles. The summed E-state index contributed by atoms with van der Waals surface area (Å²) in [4.78, 5) is 42.3. The van der Waals surface area contributed by atoms with Gasteiger partial charge in [0.05, 0.1) is 23.2 Å². The molecule has 162 valence electrons. The molecule has 29 heavy (non-hydrogen) atoms. The highest BCUT2D eigenvalue weighted by Crippen LogP contribution is 2.68. The van der Waals surface area contributed by atoms with Gasteiger partial charge in [-0.3, -0.25) is 14.4 Å². The molecule has 3 rings (SSSR count). The van der Waals surface area contributed by atoms with Crippen LogP contribution in [0.4, 0.5) is 0 Å². The standard InChI is InChI=1S/C21H32N2O5S/c1-4-6-7-9-22(8-5-2)19(26)17-21-13(3)12-14(29-21)15(20(27)28)16(21)18(25)23(17)10-11-24/h5,13-17,24H,2,4,6-12H2,1,3H3,(H,27,28)/t13?,14-,15+,16+,17?,21?/m1/s1. The Balaban J connectivity index is 2.00. The zero-order valence-electron chi connectivity index (χ0n) is 17.2. The number of likely N-dealkylation sites (tertiary alicyclic amines) is 1. The molecule has 3 aliphatic heterocycles. The molecule has 0 aromatic rings. The van der Waals surface area contributed by atoms with Crippen LogP contribution in [0.5, 0.6) is 0 Å². The van der Waals surface area contributed by atoms with Crippen LogP contribution < -0.4 is 0 Å². The molecule has 0 aromatic heterocycles. The number of thioether (sulfide) groups is 1. The van der Waals surface area contributed by atoms with E-state index in [0.29, 0.717) is 19.5 Å². The van der Waals surface area contributed by atoms with E-state index < -0.39 is 28.6 Å². The Morgan fingerprint density at radius 2 is 2.14 bits per heavy atom. The molecular formula is C21H32N2O5S. The van der Waals surface area contributed by atoms with Gasteiger partial charge in [0.1, 0.15) is 6.04 Å². The lowest BCUT2D eigenvalue weighted by molar-refractivity contribution is -0.149. The van der Waals surface area contributed by atoms with E-state index in [1.54, 1.807) is 11.0 Å². The molecule has 3 heterocycles. The van der Waals surface area contributed by atoms with Gasteiger partial charge < -0.3 is 20.0 Å². The van der Waals surface area contributed by atoms with Crippen molar-refractivity contribution < 1.29 is 24.6 Å². The minimum atomic E-state index is -0.961. The predicted molar refractivity (Wildman–Crippen MR) is 111 cm³/mol. The number of fused-ring (bicyclic) bond motifs is 1. The van der Waals surface area contributed by atoms with Gasteiger partial charge in [0.2, 0.25) is 11.8 Å². The highest BCUT2D eigenvalue weighted by molar-refractivity contribution is 8.02. The predicted octanol–water partition coefficient (Wildman–Crippen LogP) is 1.61. The van der Waals surface area contributed by atoms with Crippen LogP contribution in [0, 0.1) is 17.8 Å². The number of aliphatic carboxylic acids is 1. The highest BCUT2D eigenvalue weighted by Gasteiger charge is 2.76. The van der Waals surface area contributed by atoms with Crippen LogP contribution in [0.15, 0.2) is 12.7 Å². The zero-order valence-corrected chi connectivity index (χ0v) is 18.1. The summed E-state index contributed by atoms with van der Waals surface area (Å²) in [5, 5.41) is 19.2. The van der Waals surface area contributed by atoms with Crippen LogP contribution in [0.25, 0.3) is 0 Å². The van der Waals surface area contributed by atoms with E-state index in [1.165, 1.54) is 16.7 Å². The molecule has 0 aromatic carbocycles. The van der Waals surface area contributed by atoms with Crippen molar-refractivity contribution in [3.63, 3.8) is 0 Å². The van der Waals surface area contributed by atoms with Gasteiger partial charge in [-0.25, -0.2) is 0 Å². The first kappa shape index (κ1) is 22.2. The number of carbonyl (C=O) groups is 3. The number of hydrogen-bond donors (Lipinski definition) is 2. The Labute approximate surface area is 176 Å². The molecule has 0 radical (unpaired) electrons. The maximum atomic E-state index is 13.7. The van der Waals surface area contributed by atoms with E-state index in [4.69, 9.17) is 0 Å². The molecular weight excluding hydrogens is 392 g/mol. The number of carboxylic acid groups (broad SMARTS) is 1. The van der Waals surface area contributed by atoms with Crippen LogP contribution in [-0.2, 0) is 14.4 Å². The SMILES string of the molecule is C=CCN(CCCCC)C(=O)C1N(CCO)C(=O)[C@@H]2[C@@H](C(=O)O)[C@H]3CC(C)C12S3. The number of nitrogens with zero attached hydrogens (tertiary/aromatic N) is 2. The maximum absolute atomic E-state index is 13.7. The van der Waals surface area contributed by atoms with Crippen LogP contribution >= 0.6 is 11.8 Å². The Hall–Kier alpha value is -1.54. The summed E-state index contributed by atoms with van der Waals surface area (Å²) in [6.07, 6.45) is 5.30. The summed E-state index contributed by atoms with van der Waals surface area (Å²) in [5.74, 6) is -2.82. The molecule has 1 spiro atoms. The number of amides is 2. The summed E-state index contributed by atoms with van der Waals surface area (Å²) < 4.78 is -0.735. The second-order valence-electron chi connectivity index (χ2n) is 8.43. The average Bonchev–Trinajstić information content (AvgIpc) is 3.25. The van der Waals surface area contributed by atoms with E-state index in [1.807, 2.05) is 6.92 Å². The Morgan fingerprint density at radius 3 is 2.72 bits per heavy atom. The van der Waals surface area contributed by atoms with Crippen molar-refractivity contribution in [3.05, 3.63) is 12.7 Å².